The van der Waals surface area contributed by atoms with Crippen LogP contribution >= 0.6 is 0 Å². The number of aromatic amines is 1. The first-order valence-corrected chi connectivity index (χ1v) is 9.53. The Balaban J connectivity index is 1.64. The van der Waals surface area contributed by atoms with Gasteiger partial charge in [-0.25, -0.2) is 9.78 Å². The van der Waals surface area contributed by atoms with Crippen molar-refractivity contribution in [2.24, 2.45) is 0 Å². The van der Waals surface area contributed by atoms with E-state index in [0.29, 0.717) is 35.9 Å². The maximum atomic E-state index is 12.3. The number of carbonyl (C=O) groups excluding carboxylic acids is 1. The molecular weight excluding hydrogens is 386 g/mol. The number of nitrogens with zero attached hydrogens (tertiary/aromatic N) is 1. The molecule has 0 aliphatic rings. The van der Waals surface area contributed by atoms with Gasteiger partial charge in [-0.3, -0.25) is 14.6 Å². The fraction of sp³-hybridized carbons (Fsp3) is 0.238. The summed E-state index contributed by atoms with van der Waals surface area (Å²) in [6.45, 7) is 2.32. The average Bonchev–Trinajstić information content (AvgIpc) is 2.72. The number of carboxylic acid groups (broad SMARTS) is 1. The number of anilines is 2. The number of rotatable bonds is 8. The maximum absolute atomic E-state index is 12.3. The second kappa shape index (κ2) is 9.08. The summed E-state index contributed by atoms with van der Waals surface area (Å²) in [6.07, 6.45) is 1.03. The van der Waals surface area contributed by atoms with E-state index in [1.165, 1.54) is 0 Å². The van der Waals surface area contributed by atoms with Crippen molar-refractivity contribution in [2.75, 3.05) is 11.1 Å². The highest BCUT2D eigenvalue weighted by molar-refractivity contribution is 5.96. The van der Waals surface area contributed by atoms with Crippen LogP contribution in [0.25, 0.3) is 10.9 Å². The van der Waals surface area contributed by atoms with E-state index < -0.39 is 17.9 Å². The van der Waals surface area contributed by atoms with E-state index in [9.17, 15) is 14.4 Å². The molecule has 30 heavy (non-hydrogen) atoms. The number of carbonyl (C=O) groups is 2. The molecule has 0 unspecified atom stereocenters. The van der Waals surface area contributed by atoms with Crippen LogP contribution in [-0.2, 0) is 11.3 Å². The van der Waals surface area contributed by atoms with Crippen molar-refractivity contribution in [3.63, 3.8) is 0 Å². The van der Waals surface area contributed by atoms with Crippen molar-refractivity contribution < 1.29 is 14.7 Å². The van der Waals surface area contributed by atoms with Gasteiger partial charge in [0.25, 0.3) is 11.5 Å². The average molecular weight is 409 g/mol. The van der Waals surface area contributed by atoms with Crippen LogP contribution in [-0.4, -0.2) is 33.0 Å². The third-order valence-electron chi connectivity index (χ3n) is 4.61. The number of nitrogen functional groups attached to an aromatic ring is 1. The predicted molar refractivity (Wildman–Crippen MR) is 114 cm³/mol. The van der Waals surface area contributed by atoms with Crippen molar-refractivity contribution in [1.82, 2.24) is 15.3 Å². The molecule has 0 saturated heterocycles. The number of hydrogen-bond donors (Lipinski definition) is 5. The largest absolute Gasteiger partial charge is 0.480 e. The van der Waals surface area contributed by atoms with E-state index >= 15 is 0 Å². The monoisotopic (exact) mass is 409 g/mol. The molecule has 1 atom stereocenters. The summed E-state index contributed by atoms with van der Waals surface area (Å²) in [5.74, 6) is -1.40. The second-order valence-electron chi connectivity index (χ2n) is 6.89. The highest BCUT2D eigenvalue weighted by Crippen LogP contribution is 2.15. The first-order chi connectivity index (χ1) is 14.4. The standard InChI is InChI=1S/C21H23N5O4/c1-2-3-17(20(29)30)24-18(27)13-5-7-14(8-6-13)23-11-12-4-9-16-15(10-12)19(28)26-21(22)25-16/h4-10,17,23H,2-3,11H2,1H3,(H,24,27)(H,29,30)(H3,22,25,26,28)/t17-/m0/s1. The van der Waals surface area contributed by atoms with Gasteiger partial charge in [0.2, 0.25) is 5.95 Å². The Labute approximate surface area is 172 Å². The predicted octanol–water partition coefficient (Wildman–Crippen LogP) is 2.10. The van der Waals surface area contributed by atoms with Gasteiger partial charge >= 0.3 is 5.97 Å². The SMILES string of the molecule is CCC[C@H](NC(=O)c1ccc(NCc2ccc3nc(N)[nH]c(=O)c3c2)cc1)C(=O)O. The number of fused-ring (bicyclic) bond motifs is 1. The number of amides is 1. The number of nitrogens with one attached hydrogen (secondary N) is 3. The molecule has 0 bridgehead atoms. The molecule has 0 aliphatic carbocycles. The fourth-order valence-electron chi connectivity index (χ4n) is 3.05. The lowest BCUT2D eigenvalue weighted by Gasteiger charge is -2.14. The van der Waals surface area contributed by atoms with Crippen LogP contribution in [0.3, 0.4) is 0 Å². The lowest BCUT2D eigenvalue weighted by atomic mass is 10.1. The van der Waals surface area contributed by atoms with Gasteiger partial charge in [0, 0.05) is 17.8 Å². The molecule has 1 heterocycles. The van der Waals surface area contributed by atoms with Crippen molar-refractivity contribution >= 4 is 34.4 Å². The lowest BCUT2D eigenvalue weighted by Crippen LogP contribution is -2.40. The quantitative estimate of drug-likeness (QED) is 0.382. The van der Waals surface area contributed by atoms with Crippen molar-refractivity contribution in [2.45, 2.75) is 32.4 Å². The zero-order chi connectivity index (χ0) is 21.7. The molecule has 2 aromatic carbocycles. The molecule has 0 saturated carbocycles. The molecule has 3 aromatic rings. The van der Waals surface area contributed by atoms with Crippen LogP contribution < -0.4 is 21.9 Å². The molecule has 0 spiro atoms. The Morgan fingerprint density at radius 1 is 1.20 bits per heavy atom. The molecule has 6 N–H and O–H groups in total. The Morgan fingerprint density at radius 3 is 2.60 bits per heavy atom. The smallest absolute Gasteiger partial charge is 0.326 e. The van der Waals surface area contributed by atoms with Crippen LogP contribution in [0.2, 0.25) is 0 Å². The highest BCUT2D eigenvalue weighted by atomic mass is 16.4. The molecule has 1 amide bonds. The van der Waals surface area contributed by atoms with E-state index in [1.54, 1.807) is 36.4 Å². The van der Waals surface area contributed by atoms with Crippen LogP contribution in [0.5, 0.6) is 0 Å². The van der Waals surface area contributed by atoms with Gasteiger partial charge in [-0.2, -0.15) is 0 Å². The van der Waals surface area contributed by atoms with Gasteiger partial charge in [-0.05, 0) is 48.4 Å². The van der Waals surface area contributed by atoms with Crippen molar-refractivity contribution in [3.8, 4) is 0 Å². The van der Waals surface area contributed by atoms with E-state index in [-0.39, 0.29) is 11.5 Å². The summed E-state index contributed by atoms with van der Waals surface area (Å²) < 4.78 is 0. The zero-order valence-electron chi connectivity index (χ0n) is 16.4. The highest BCUT2D eigenvalue weighted by Gasteiger charge is 2.19. The number of carboxylic acids is 1. The molecule has 9 nitrogen and oxygen atoms in total. The minimum atomic E-state index is -1.05. The minimum Gasteiger partial charge on any atom is -0.480 e. The summed E-state index contributed by atoms with van der Waals surface area (Å²) in [4.78, 5) is 42.0. The van der Waals surface area contributed by atoms with E-state index in [2.05, 4.69) is 20.6 Å². The fourth-order valence-corrected chi connectivity index (χ4v) is 3.05. The van der Waals surface area contributed by atoms with E-state index in [0.717, 1.165) is 11.3 Å². The van der Waals surface area contributed by atoms with Gasteiger partial charge < -0.3 is 21.5 Å². The number of H-pyrrole nitrogens is 1. The van der Waals surface area contributed by atoms with E-state index in [1.807, 2.05) is 13.0 Å². The maximum Gasteiger partial charge on any atom is 0.326 e. The normalized spacial score (nSPS) is 11.8. The number of nitrogens with two attached hydrogens (primary N) is 1. The summed E-state index contributed by atoms with van der Waals surface area (Å²) in [6, 6.07) is 11.2. The van der Waals surface area contributed by atoms with Crippen molar-refractivity contribution in [3.05, 3.63) is 63.9 Å². The molecule has 0 fully saturated rings. The summed E-state index contributed by atoms with van der Waals surface area (Å²) in [5, 5.41) is 15.4. The third-order valence-corrected chi connectivity index (χ3v) is 4.61. The topological polar surface area (TPSA) is 150 Å². The molecule has 3 rings (SSSR count). The summed E-state index contributed by atoms with van der Waals surface area (Å²) in [7, 11) is 0. The zero-order valence-corrected chi connectivity index (χ0v) is 16.4. The molecule has 9 heteroatoms. The van der Waals surface area contributed by atoms with Crippen LogP contribution in [0.4, 0.5) is 11.6 Å². The van der Waals surface area contributed by atoms with Gasteiger partial charge in [0.15, 0.2) is 0 Å². The summed E-state index contributed by atoms with van der Waals surface area (Å²) >= 11 is 0. The molecular formula is C21H23N5O4. The first-order valence-electron chi connectivity index (χ1n) is 9.53. The van der Waals surface area contributed by atoms with Gasteiger partial charge in [0.1, 0.15) is 6.04 Å². The van der Waals surface area contributed by atoms with Gasteiger partial charge in [-0.1, -0.05) is 19.4 Å². The molecule has 0 aliphatic heterocycles. The minimum absolute atomic E-state index is 0.0758. The summed E-state index contributed by atoms with van der Waals surface area (Å²) in [5.41, 5.74) is 7.82. The Bertz CT molecular complexity index is 1120. The lowest BCUT2D eigenvalue weighted by molar-refractivity contribution is -0.139. The Kier molecular flexibility index (Phi) is 6.31. The number of benzene rings is 2. The van der Waals surface area contributed by atoms with Gasteiger partial charge in [-0.15, -0.1) is 0 Å². The first kappa shape index (κ1) is 20.8. The Hall–Kier alpha value is -3.88. The number of aromatic nitrogens is 2. The number of hydrogen-bond acceptors (Lipinski definition) is 6. The van der Waals surface area contributed by atoms with E-state index in [4.69, 9.17) is 10.8 Å². The molecule has 156 valence electrons. The molecule has 1 aromatic heterocycles. The number of aliphatic carboxylic acids is 1. The van der Waals surface area contributed by atoms with Crippen LogP contribution in [0, 0.1) is 0 Å². The van der Waals surface area contributed by atoms with Gasteiger partial charge in [0.05, 0.1) is 10.9 Å². The van der Waals surface area contributed by atoms with Crippen LogP contribution in [0.1, 0.15) is 35.7 Å². The second-order valence-corrected chi connectivity index (χ2v) is 6.89. The Morgan fingerprint density at radius 2 is 1.93 bits per heavy atom. The van der Waals surface area contributed by atoms with Crippen LogP contribution in [0.15, 0.2) is 47.3 Å². The molecule has 0 radical (unpaired) electrons. The van der Waals surface area contributed by atoms with Crippen molar-refractivity contribution in [1.29, 1.82) is 0 Å². The third kappa shape index (κ3) is 4.93.